The fourth-order valence-electron chi connectivity index (χ4n) is 3.12. The summed E-state index contributed by atoms with van der Waals surface area (Å²) in [5.74, 6) is 0.598. The number of hydrogen-bond donors (Lipinski definition) is 2. The average Bonchev–Trinajstić information content (AvgIpc) is 2.91. The van der Waals surface area contributed by atoms with Crippen LogP contribution in [0.4, 0.5) is 5.69 Å². The molecule has 1 fully saturated rings. The molecule has 108 valence electrons. The van der Waals surface area contributed by atoms with Crippen LogP contribution in [0, 0.1) is 0 Å². The fourth-order valence-corrected chi connectivity index (χ4v) is 3.12. The summed E-state index contributed by atoms with van der Waals surface area (Å²) in [5, 5.41) is 13.1. The van der Waals surface area contributed by atoms with Crippen LogP contribution >= 0.6 is 0 Å². The molecule has 0 aromatic heterocycles. The molecule has 0 saturated heterocycles. The molecule has 20 heavy (non-hydrogen) atoms. The summed E-state index contributed by atoms with van der Waals surface area (Å²) < 4.78 is 5.81. The number of carbonyl (C=O) groups excluding carboxylic acids is 1. The second-order valence-corrected chi connectivity index (χ2v) is 6.55. The fraction of sp³-hybridized carbons (Fsp3) is 0.562. The number of amides is 1. The normalized spacial score (nSPS) is 22.1. The molecule has 0 bridgehead atoms. The highest BCUT2D eigenvalue weighted by Gasteiger charge is 2.39. The maximum Gasteiger partial charge on any atom is 0.256 e. The van der Waals surface area contributed by atoms with Gasteiger partial charge in [0.15, 0.2) is 0 Å². The number of fused-ring (bicyclic) bond motifs is 1. The van der Waals surface area contributed by atoms with Crippen molar-refractivity contribution in [1.82, 2.24) is 0 Å². The molecule has 1 aromatic rings. The van der Waals surface area contributed by atoms with Gasteiger partial charge in [-0.25, -0.2) is 0 Å². The minimum absolute atomic E-state index is 0.186. The molecule has 0 radical (unpaired) electrons. The highest BCUT2D eigenvalue weighted by atomic mass is 16.5. The molecule has 4 heteroatoms. The predicted molar refractivity (Wildman–Crippen MR) is 76.9 cm³/mol. The quantitative estimate of drug-likeness (QED) is 0.872. The molecule has 1 heterocycles. The third-order valence-electron chi connectivity index (χ3n) is 4.17. The minimum atomic E-state index is -1.19. The van der Waals surface area contributed by atoms with Crippen LogP contribution in [0.1, 0.15) is 45.1 Å². The number of hydrogen-bond acceptors (Lipinski definition) is 3. The van der Waals surface area contributed by atoms with Crippen LogP contribution in [-0.4, -0.2) is 22.2 Å². The molecule has 0 unspecified atom stereocenters. The third-order valence-corrected chi connectivity index (χ3v) is 4.17. The van der Waals surface area contributed by atoms with E-state index >= 15 is 0 Å². The second kappa shape index (κ2) is 4.48. The summed E-state index contributed by atoms with van der Waals surface area (Å²) in [6.07, 6.45) is 3.77. The largest absolute Gasteiger partial charge is 0.487 e. The van der Waals surface area contributed by atoms with Gasteiger partial charge in [0.25, 0.3) is 5.91 Å². The monoisotopic (exact) mass is 275 g/mol. The van der Waals surface area contributed by atoms with Crippen molar-refractivity contribution >= 4 is 11.6 Å². The molecule has 0 atom stereocenters. The summed E-state index contributed by atoms with van der Waals surface area (Å²) in [6.45, 7) is 4.10. The summed E-state index contributed by atoms with van der Waals surface area (Å²) in [5.41, 5.74) is 0.463. The van der Waals surface area contributed by atoms with Crippen LogP contribution < -0.4 is 10.1 Å². The Morgan fingerprint density at radius 1 is 1.30 bits per heavy atom. The molecule has 4 nitrogen and oxygen atoms in total. The minimum Gasteiger partial charge on any atom is -0.487 e. The molecular formula is C16H21NO3. The molecule has 1 aliphatic heterocycles. The van der Waals surface area contributed by atoms with E-state index in [1.807, 2.05) is 32.0 Å². The molecule has 0 spiro atoms. The lowest BCUT2D eigenvalue weighted by Crippen LogP contribution is -2.40. The van der Waals surface area contributed by atoms with E-state index in [9.17, 15) is 9.90 Å². The number of benzene rings is 1. The van der Waals surface area contributed by atoms with Crippen LogP contribution in [0.15, 0.2) is 18.2 Å². The Kier molecular flexibility index (Phi) is 3.01. The topological polar surface area (TPSA) is 58.6 Å². The molecular weight excluding hydrogens is 254 g/mol. The van der Waals surface area contributed by atoms with Crippen molar-refractivity contribution < 1.29 is 14.6 Å². The third kappa shape index (κ3) is 2.40. The number of anilines is 1. The Morgan fingerprint density at radius 3 is 2.70 bits per heavy atom. The van der Waals surface area contributed by atoms with Gasteiger partial charge in [0.2, 0.25) is 0 Å². The number of ether oxygens (including phenoxy) is 1. The smallest absolute Gasteiger partial charge is 0.256 e. The highest BCUT2D eigenvalue weighted by Crippen LogP contribution is 2.37. The lowest BCUT2D eigenvalue weighted by atomic mass is 10.00. The lowest BCUT2D eigenvalue weighted by molar-refractivity contribution is -0.133. The van der Waals surface area contributed by atoms with E-state index in [4.69, 9.17) is 4.74 Å². The Morgan fingerprint density at radius 2 is 2.00 bits per heavy atom. The summed E-state index contributed by atoms with van der Waals surface area (Å²) in [4.78, 5) is 12.2. The van der Waals surface area contributed by atoms with Crippen molar-refractivity contribution in [2.45, 2.75) is 57.2 Å². The van der Waals surface area contributed by atoms with Crippen molar-refractivity contribution in [2.75, 3.05) is 5.32 Å². The van der Waals surface area contributed by atoms with Gasteiger partial charge < -0.3 is 15.2 Å². The number of aliphatic hydroxyl groups is 1. The standard InChI is InChI=1S/C16H21NO3/c1-15(2)10-11-9-12(5-6-13(11)20-15)17-14(18)16(19)7-3-4-8-16/h5-6,9,19H,3-4,7-8,10H2,1-2H3,(H,17,18). The Hall–Kier alpha value is -1.55. The second-order valence-electron chi connectivity index (χ2n) is 6.55. The van der Waals surface area contributed by atoms with E-state index in [2.05, 4.69) is 5.32 Å². The van der Waals surface area contributed by atoms with Gasteiger partial charge in [0.1, 0.15) is 17.0 Å². The molecule has 1 saturated carbocycles. The van der Waals surface area contributed by atoms with Crippen molar-refractivity contribution in [3.63, 3.8) is 0 Å². The average molecular weight is 275 g/mol. The van der Waals surface area contributed by atoms with Crippen LogP contribution in [0.5, 0.6) is 5.75 Å². The zero-order valence-corrected chi connectivity index (χ0v) is 12.0. The van der Waals surface area contributed by atoms with Gasteiger partial charge in [0, 0.05) is 17.7 Å². The summed E-state index contributed by atoms with van der Waals surface area (Å²) >= 11 is 0. The van der Waals surface area contributed by atoms with E-state index in [0.29, 0.717) is 12.8 Å². The molecule has 3 rings (SSSR count). The number of rotatable bonds is 2. The zero-order valence-electron chi connectivity index (χ0n) is 12.0. The van der Waals surface area contributed by atoms with Crippen LogP contribution in [0.25, 0.3) is 0 Å². The molecule has 1 aromatic carbocycles. The first-order valence-electron chi connectivity index (χ1n) is 7.24. The van der Waals surface area contributed by atoms with E-state index < -0.39 is 5.60 Å². The SMILES string of the molecule is CC1(C)Cc2cc(NC(=O)C3(O)CCCC3)ccc2O1. The Labute approximate surface area is 119 Å². The number of carbonyl (C=O) groups is 1. The zero-order chi connectivity index (χ0) is 14.4. The first-order chi connectivity index (χ1) is 9.38. The Bertz CT molecular complexity index is 545. The van der Waals surface area contributed by atoms with Gasteiger partial charge in [-0.05, 0) is 57.7 Å². The van der Waals surface area contributed by atoms with Crippen molar-refractivity contribution in [2.24, 2.45) is 0 Å². The van der Waals surface area contributed by atoms with Crippen LogP contribution in [0.3, 0.4) is 0 Å². The van der Waals surface area contributed by atoms with Gasteiger partial charge in [-0.3, -0.25) is 4.79 Å². The first kappa shape index (κ1) is 13.4. The molecule has 2 N–H and O–H groups in total. The molecule has 1 amide bonds. The van der Waals surface area contributed by atoms with Gasteiger partial charge in [-0.2, -0.15) is 0 Å². The van der Waals surface area contributed by atoms with Crippen LogP contribution in [0.2, 0.25) is 0 Å². The highest BCUT2D eigenvalue weighted by molar-refractivity contribution is 5.97. The Balaban J connectivity index is 1.75. The summed E-state index contributed by atoms with van der Waals surface area (Å²) in [6, 6.07) is 5.66. The van der Waals surface area contributed by atoms with Crippen molar-refractivity contribution in [3.8, 4) is 5.75 Å². The predicted octanol–water partition coefficient (Wildman–Crippen LogP) is 2.64. The number of nitrogens with one attached hydrogen (secondary N) is 1. The summed E-state index contributed by atoms with van der Waals surface area (Å²) in [7, 11) is 0. The van der Waals surface area contributed by atoms with Crippen molar-refractivity contribution in [1.29, 1.82) is 0 Å². The maximum atomic E-state index is 12.2. The van der Waals surface area contributed by atoms with E-state index in [-0.39, 0.29) is 11.5 Å². The lowest BCUT2D eigenvalue weighted by Gasteiger charge is -2.21. The maximum absolute atomic E-state index is 12.2. The van der Waals surface area contributed by atoms with Crippen molar-refractivity contribution in [3.05, 3.63) is 23.8 Å². The van der Waals surface area contributed by atoms with Gasteiger partial charge in [-0.15, -0.1) is 0 Å². The van der Waals surface area contributed by atoms with Gasteiger partial charge in [0.05, 0.1) is 0 Å². The molecule has 2 aliphatic rings. The van der Waals surface area contributed by atoms with E-state index in [1.165, 1.54) is 0 Å². The van der Waals surface area contributed by atoms with Gasteiger partial charge in [-0.1, -0.05) is 0 Å². The first-order valence-corrected chi connectivity index (χ1v) is 7.24. The molecule has 1 aliphatic carbocycles. The van der Waals surface area contributed by atoms with E-state index in [0.717, 1.165) is 36.3 Å². The van der Waals surface area contributed by atoms with E-state index in [1.54, 1.807) is 0 Å². The van der Waals surface area contributed by atoms with Crippen LogP contribution in [-0.2, 0) is 11.2 Å². The van der Waals surface area contributed by atoms with Gasteiger partial charge >= 0.3 is 0 Å².